The van der Waals surface area contributed by atoms with Gasteiger partial charge in [-0.15, -0.1) is 0 Å². The van der Waals surface area contributed by atoms with E-state index in [2.05, 4.69) is 56.5 Å². The maximum Gasteiger partial charge on any atom is 0.303 e. The molecule has 11 heteroatoms. The van der Waals surface area contributed by atoms with E-state index in [1.165, 1.54) is 38.9 Å². The summed E-state index contributed by atoms with van der Waals surface area (Å²) in [6.45, 7) is 2.23. The standard InChI is InChI=1S/C36H45N5O5S/c1-38(2)47(44,45)37-35(42)33-28-20-40-29(17-27-30(46-4)16-15-24(34(27)40)21-9-6-5-7-10-21)31-25(32(28)33)11-8-12-26(31)36(43)41-22-13-14-23(41)19-39(3)18-22/h8,11,15-17,21-23,26,31H,5-7,9-10,12-14,18-20H2,1-4H3,(H,37,42)/t22?,23?,26-,31?/m1/s1. The molecule has 10 nitrogen and oxygen atoms in total. The lowest BCUT2D eigenvalue weighted by Crippen LogP contribution is -2.56. The fraction of sp³-hybridized carbons (Fsp3) is 0.556. The minimum Gasteiger partial charge on any atom is -0.496 e. The fourth-order valence-corrected chi connectivity index (χ4v) is 9.95. The summed E-state index contributed by atoms with van der Waals surface area (Å²) in [5, 5.41) is 1.04. The highest BCUT2D eigenvalue weighted by Gasteiger charge is 2.50. The summed E-state index contributed by atoms with van der Waals surface area (Å²) in [6.07, 6.45) is 12.8. The van der Waals surface area contributed by atoms with Gasteiger partial charge in [-0.25, -0.2) is 4.72 Å². The molecule has 4 heterocycles. The van der Waals surface area contributed by atoms with Crippen LogP contribution < -0.4 is 9.46 Å². The summed E-state index contributed by atoms with van der Waals surface area (Å²) in [5.41, 5.74) is 6.53. The highest BCUT2D eigenvalue weighted by atomic mass is 32.2. The number of rotatable bonds is 6. The second-order valence-electron chi connectivity index (χ2n) is 14.6. The molecule has 3 fully saturated rings. The van der Waals surface area contributed by atoms with Crippen LogP contribution in [0, 0.1) is 5.92 Å². The Labute approximate surface area is 277 Å². The number of carbonyl (C=O) groups is 2. The summed E-state index contributed by atoms with van der Waals surface area (Å²) >= 11 is 0. The van der Waals surface area contributed by atoms with E-state index in [1.807, 2.05) is 0 Å². The molecule has 3 unspecified atom stereocenters. The predicted octanol–water partition coefficient (Wildman–Crippen LogP) is 4.21. The van der Waals surface area contributed by atoms with Crippen LogP contribution in [-0.4, -0.2) is 92.3 Å². The second kappa shape index (κ2) is 11.3. The van der Waals surface area contributed by atoms with E-state index in [-0.39, 0.29) is 29.8 Å². The number of likely N-dealkylation sites (tertiary alicyclic amines) is 1. The molecule has 1 aromatic heterocycles. The number of nitrogens with zero attached hydrogens (tertiary/aromatic N) is 4. The average molecular weight is 660 g/mol. The first kappa shape index (κ1) is 30.9. The number of hydrogen-bond donors (Lipinski definition) is 1. The normalized spacial score (nSPS) is 27.6. The van der Waals surface area contributed by atoms with Crippen LogP contribution in [0.5, 0.6) is 5.75 Å². The maximum absolute atomic E-state index is 14.8. The van der Waals surface area contributed by atoms with Gasteiger partial charge in [0, 0.05) is 62.8 Å². The highest BCUT2D eigenvalue weighted by molar-refractivity contribution is 7.87. The molecule has 1 saturated carbocycles. The first-order valence-electron chi connectivity index (χ1n) is 17.2. The number of benzene rings is 1. The maximum atomic E-state index is 14.8. The van der Waals surface area contributed by atoms with Gasteiger partial charge in [-0.1, -0.05) is 37.5 Å². The molecule has 2 aromatic rings. The van der Waals surface area contributed by atoms with E-state index >= 15 is 0 Å². The van der Waals surface area contributed by atoms with E-state index in [0.29, 0.717) is 24.5 Å². The van der Waals surface area contributed by atoms with Gasteiger partial charge in [0.05, 0.1) is 24.1 Å². The Morgan fingerprint density at radius 1 is 1.02 bits per heavy atom. The molecule has 1 N–H and O–H groups in total. The SMILES string of the molecule is COc1ccc(C2CCCCC2)c2c1cc1n2CC2=C(C(=O)NS(=O)(=O)N(C)C)C2=C2C=CC[C@@H](C(=O)N3C4CCC3CN(C)C4)C21. The number of aromatic nitrogens is 1. The van der Waals surface area contributed by atoms with Gasteiger partial charge in [-0.2, -0.15) is 12.7 Å². The summed E-state index contributed by atoms with van der Waals surface area (Å²) < 4.78 is 37.0. The largest absolute Gasteiger partial charge is 0.496 e. The van der Waals surface area contributed by atoms with Crippen molar-refractivity contribution in [3.63, 3.8) is 0 Å². The van der Waals surface area contributed by atoms with Crippen LogP contribution in [0.25, 0.3) is 10.9 Å². The number of allylic oxidation sites excluding steroid dienone is 4. The number of likely N-dealkylation sites (N-methyl/N-ethyl adjacent to an activating group) is 1. The van der Waals surface area contributed by atoms with Gasteiger partial charge in [0.2, 0.25) is 5.91 Å². The third-order valence-corrected chi connectivity index (χ3v) is 13.1. The zero-order chi connectivity index (χ0) is 32.8. The molecule has 47 heavy (non-hydrogen) atoms. The van der Waals surface area contributed by atoms with Crippen molar-refractivity contribution in [2.45, 2.75) is 81.8 Å². The van der Waals surface area contributed by atoms with Crippen LogP contribution in [0.1, 0.15) is 74.5 Å². The number of carbonyl (C=O) groups excluding carboxylic acids is 2. The van der Waals surface area contributed by atoms with E-state index in [0.717, 1.165) is 82.1 Å². The van der Waals surface area contributed by atoms with Gasteiger partial charge in [0.1, 0.15) is 5.75 Å². The molecule has 4 atom stereocenters. The Morgan fingerprint density at radius 3 is 2.43 bits per heavy atom. The molecule has 3 aliphatic carbocycles. The Morgan fingerprint density at radius 2 is 1.74 bits per heavy atom. The van der Waals surface area contributed by atoms with Crippen molar-refractivity contribution in [1.82, 2.24) is 23.4 Å². The Balaban J connectivity index is 1.30. The smallest absolute Gasteiger partial charge is 0.303 e. The second-order valence-corrected chi connectivity index (χ2v) is 16.5. The third-order valence-electron chi connectivity index (χ3n) is 11.7. The summed E-state index contributed by atoms with van der Waals surface area (Å²) in [6, 6.07) is 6.98. The van der Waals surface area contributed by atoms with Crippen molar-refractivity contribution < 1.29 is 22.7 Å². The number of piperazine rings is 1. The van der Waals surface area contributed by atoms with Crippen LogP contribution in [0.3, 0.4) is 0 Å². The first-order chi connectivity index (χ1) is 22.6. The van der Waals surface area contributed by atoms with Gasteiger partial charge in [-0.3, -0.25) is 9.59 Å². The number of ether oxygens (including phenoxy) is 1. The molecule has 2 bridgehead atoms. The predicted molar refractivity (Wildman–Crippen MR) is 180 cm³/mol. The van der Waals surface area contributed by atoms with E-state index in [9.17, 15) is 18.0 Å². The van der Waals surface area contributed by atoms with Crippen LogP contribution in [0.2, 0.25) is 0 Å². The van der Waals surface area contributed by atoms with Crippen LogP contribution >= 0.6 is 0 Å². The summed E-state index contributed by atoms with van der Waals surface area (Å²) in [7, 11) is 2.68. The number of amides is 2. The van der Waals surface area contributed by atoms with Crippen molar-refractivity contribution >= 4 is 32.9 Å². The molecular weight excluding hydrogens is 614 g/mol. The molecule has 2 amide bonds. The minimum atomic E-state index is -3.98. The van der Waals surface area contributed by atoms with Crippen molar-refractivity contribution in [3.05, 3.63) is 63.9 Å². The quantitative estimate of drug-likeness (QED) is 0.499. The fourth-order valence-electron chi connectivity index (χ4n) is 9.43. The Hall–Kier alpha value is -3.41. The van der Waals surface area contributed by atoms with Crippen molar-refractivity contribution in [1.29, 1.82) is 0 Å². The molecule has 0 spiro atoms. The lowest BCUT2D eigenvalue weighted by molar-refractivity contribution is -0.141. The zero-order valence-electron chi connectivity index (χ0n) is 27.8. The highest BCUT2D eigenvalue weighted by Crippen LogP contribution is 2.55. The molecule has 2 saturated heterocycles. The van der Waals surface area contributed by atoms with Crippen LogP contribution in [0.4, 0.5) is 0 Å². The van der Waals surface area contributed by atoms with Gasteiger partial charge < -0.3 is 19.1 Å². The van der Waals surface area contributed by atoms with Crippen molar-refractivity contribution in [2.24, 2.45) is 5.92 Å². The lowest BCUT2D eigenvalue weighted by Gasteiger charge is -2.43. The number of hydrogen-bond acceptors (Lipinski definition) is 6. The van der Waals surface area contributed by atoms with Crippen LogP contribution in [-0.2, 0) is 26.3 Å². The Kier molecular flexibility index (Phi) is 7.46. The van der Waals surface area contributed by atoms with Gasteiger partial charge in [0.25, 0.3) is 5.91 Å². The van der Waals surface area contributed by atoms with E-state index in [1.54, 1.807) is 7.11 Å². The van der Waals surface area contributed by atoms with Crippen molar-refractivity contribution in [3.8, 4) is 5.75 Å². The van der Waals surface area contributed by atoms with Gasteiger partial charge in [0.15, 0.2) is 0 Å². The molecule has 0 radical (unpaired) electrons. The first-order valence-corrected chi connectivity index (χ1v) is 18.6. The Bertz CT molecular complexity index is 1870. The zero-order valence-corrected chi connectivity index (χ0v) is 28.6. The summed E-state index contributed by atoms with van der Waals surface area (Å²) in [5.74, 6) is 0.217. The van der Waals surface area contributed by atoms with E-state index < -0.39 is 16.1 Å². The van der Waals surface area contributed by atoms with Gasteiger partial charge in [-0.05, 0) is 79.5 Å². The average Bonchev–Trinajstić information content (AvgIpc) is 3.59. The number of methoxy groups -OCH3 is 1. The molecule has 250 valence electrons. The molecule has 6 aliphatic rings. The molecule has 8 rings (SSSR count). The molecule has 3 aliphatic heterocycles. The monoisotopic (exact) mass is 659 g/mol. The molecular formula is C36H45N5O5S. The number of fused-ring (bicyclic) bond motifs is 8. The minimum absolute atomic E-state index is 0.194. The van der Waals surface area contributed by atoms with Crippen molar-refractivity contribution in [2.75, 3.05) is 41.3 Å². The topological polar surface area (TPSA) is 104 Å². The molecule has 1 aromatic carbocycles. The van der Waals surface area contributed by atoms with Gasteiger partial charge >= 0.3 is 10.2 Å². The third kappa shape index (κ3) is 4.91. The summed E-state index contributed by atoms with van der Waals surface area (Å²) in [4.78, 5) is 33.0. The number of nitrogens with one attached hydrogen (secondary N) is 1. The van der Waals surface area contributed by atoms with E-state index in [4.69, 9.17) is 4.74 Å². The van der Waals surface area contributed by atoms with Crippen LogP contribution in [0.15, 0.2) is 52.6 Å². The lowest BCUT2D eigenvalue weighted by atomic mass is 9.75.